The minimum Gasteiger partial charge on any atom is -0.309 e. The normalized spacial score (nSPS) is 11.7. The second-order valence-electron chi connectivity index (χ2n) is 9.66. The third-order valence-electron chi connectivity index (χ3n) is 7.56. The lowest BCUT2D eigenvalue weighted by atomic mass is 10.0. The number of rotatable bonds is 3. The Kier molecular flexibility index (Phi) is 4.52. The van der Waals surface area contributed by atoms with Crippen molar-refractivity contribution in [2.75, 3.05) is 0 Å². The van der Waals surface area contributed by atoms with Crippen LogP contribution in [0.5, 0.6) is 0 Å². The van der Waals surface area contributed by atoms with Crippen LogP contribution < -0.4 is 0 Å². The molecule has 0 amide bonds. The molecule has 38 heavy (non-hydrogen) atoms. The predicted octanol–water partition coefficient (Wildman–Crippen LogP) is 8.94. The van der Waals surface area contributed by atoms with Gasteiger partial charge in [0.2, 0.25) is 0 Å². The van der Waals surface area contributed by atoms with E-state index in [4.69, 9.17) is 4.98 Å². The highest BCUT2D eigenvalue weighted by atomic mass is 15.0. The second-order valence-corrected chi connectivity index (χ2v) is 9.66. The Morgan fingerprint density at radius 1 is 0.447 bits per heavy atom. The van der Waals surface area contributed by atoms with Gasteiger partial charge in [-0.1, -0.05) is 78.9 Å². The van der Waals surface area contributed by atoms with Gasteiger partial charge in [0.1, 0.15) is 0 Å². The van der Waals surface area contributed by atoms with Crippen LogP contribution in [-0.4, -0.2) is 14.1 Å². The lowest BCUT2D eigenvalue weighted by Gasteiger charge is -2.12. The number of pyridine rings is 1. The topological polar surface area (TPSA) is 22.8 Å². The molecule has 0 bridgehead atoms. The first-order valence-corrected chi connectivity index (χ1v) is 12.9. The van der Waals surface area contributed by atoms with Gasteiger partial charge in [0.25, 0.3) is 0 Å². The lowest BCUT2D eigenvalue weighted by molar-refractivity contribution is 1.17. The average Bonchev–Trinajstić information content (AvgIpc) is 3.51. The molecule has 0 N–H and O–H groups in total. The molecule has 3 heterocycles. The average molecular weight is 486 g/mol. The predicted molar refractivity (Wildman–Crippen MR) is 158 cm³/mol. The van der Waals surface area contributed by atoms with Gasteiger partial charge in [0, 0.05) is 39.3 Å². The SMILES string of the molecule is c1ccc(-n2c3ccccc3c3cc(-c4ccnc5c6ccccc6n(-c6ccccc6)c45)ccc32)cc1. The van der Waals surface area contributed by atoms with Crippen LogP contribution in [0.4, 0.5) is 0 Å². The van der Waals surface area contributed by atoms with Crippen molar-refractivity contribution in [3.8, 4) is 22.5 Å². The Morgan fingerprint density at radius 3 is 1.76 bits per heavy atom. The molecule has 0 saturated carbocycles. The zero-order valence-corrected chi connectivity index (χ0v) is 20.6. The van der Waals surface area contributed by atoms with Crippen molar-refractivity contribution in [3.05, 3.63) is 140 Å². The number of hydrogen-bond donors (Lipinski definition) is 0. The van der Waals surface area contributed by atoms with Gasteiger partial charge in [0.05, 0.1) is 27.6 Å². The molecule has 0 radical (unpaired) electrons. The number of hydrogen-bond acceptors (Lipinski definition) is 1. The summed E-state index contributed by atoms with van der Waals surface area (Å²) in [6.07, 6.45) is 1.94. The fourth-order valence-electron chi connectivity index (χ4n) is 5.94. The van der Waals surface area contributed by atoms with Crippen molar-refractivity contribution in [2.24, 2.45) is 0 Å². The molecular weight excluding hydrogens is 462 g/mol. The Hall–Kier alpha value is -5.15. The fourth-order valence-corrected chi connectivity index (χ4v) is 5.94. The van der Waals surface area contributed by atoms with Gasteiger partial charge >= 0.3 is 0 Å². The van der Waals surface area contributed by atoms with Gasteiger partial charge in [0.15, 0.2) is 0 Å². The van der Waals surface area contributed by atoms with E-state index < -0.39 is 0 Å². The summed E-state index contributed by atoms with van der Waals surface area (Å²) in [6.45, 7) is 0. The summed E-state index contributed by atoms with van der Waals surface area (Å²) < 4.78 is 4.71. The van der Waals surface area contributed by atoms with Gasteiger partial charge in [-0.05, 0) is 60.2 Å². The molecule has 0 aliphatic carbocycles. The van der Waals surface area contributed by atoms with Crippen molar-refractivity contribution >= 4 is 43.7 Å². The summed E-state index contributed by atoms with van der Waals surface area (Å²) in [5.41, 5.74) is 10.4. The smallest absolute Gasteiger partial charge is 0.0969 e. The van der Waals surface area contributed by atoms with Crippen LogP contribution in [0.3, 0.4) is 0 Å². The van der Waals surface area contributed by atoms with Gasteiger partial charge in [-0.25, -0.2) is 0 Å². The number of fused-ring (bicyclic) bond motifs is 6. The Morgan fingerprint density at radius 2 is 1.03 bits per heavy atom. The van der Waals surface area contributed by atoms with Gasteiger partial charge < -0.3 is 9.13 Å². The quantitative estimate of drug-likeness (QED) is 0.245. The monoisotopic (exact) mass is 485 g/mol. The minimum atomic E-state index is 1.02. The molecule has 0 spiro atoms. The van der Waals surface area contributed by atoms with E-state index in [2.05, 4.69) is 143 Å². The molecule has 3 heteroatoms. The molecule has 5 aromatic carbocycles. The molecule has 8 aromatic rings. The summed E-state index contributed by atoms with van der Waals surface area (Å²) in [5, 5.41) is 3.66. The molecule has 0 fully saturated rings. The van der Waals surface area contributed by atoms with E-state index in [9.17, 15) is 0 Å². The molecule has 3 aromatic heterocycles. The second kappa shape index (κ2) is 8.19. The molecule has 8 rings (SSSR count). The molecule has 0 aliphatic rings. The highest BCUT2D eigenvalue weighted by molar-refractivity contribution is 6.14. The molecular formula is C35H23N3. The summed E-state index contributed by atoms with van der Waals surface area (Å²) in [4.78, 5) is 4.87. The van der Waals surface area contributed by atoms with E-state index in [0.717, 1.165) is 27.6 Å². The van der Waals surface area contributed by atoms with E-state index in [1.54, 1.807) is 0 Å². The molecule has 0 atom stereocenters. The Balaban J connectivity index is 1.46. The van der Waals surface area contributed by atoms with Crippen molar-refractivity contribution in [1.29, 1.82) is 0 Å². The van der Waals surface area contributed by atoms with E-state index in [1.807, 2.05) is 6.20 Å². The summed E-state index contributed by atoms with van der Waals surface area (Å²) in [5.74, 6) is 0. The highest BCUT2D eigenvalue weighted by Crippen LogP contribution is 2.39. The molecule has 0 aliphatic heterocycles. The maximum atomic E-state index is 4.87. The Labute approximate surface area is 219 Å². The van der Waals surface area contributed by atoms with E-state index in [0.29, 0.717) is 0 Å². The Bertz CT molecular complexity index is 2120. The lowest BCUT2D eigenvalue weighted by Crippen LogP contribution is -1.96. The maximum Gasteiger partial charge on any atom is 0.0969 e. The first-order chi connectivity index (χ1) is 18.9. The van der Waals surface area contributed by atoms with Gasteiger partial charge in [-0.15, -0.1) is 0 Å². The largest absolute Gasteiger partial charge is 0.309 e. The minimum absolute atomic E-state index is 1.02. The van der Waals surface area contributed by atoms with Crippen LogP contribution in [0.25, 0.3) is 66.2 Å². The number of nitrogens with zero attached hydrogens (tertiary/aromatic N) is 3. The van der Waals surface area contributed by atoms with E-state index in [1.165, 1.54) is 38.6 Å². The fraction of sp³-hybridized carbons (Fsp3) is 0. The van der Waals surface area contributed by atoms with E-state index >= 15 is 0 Å². The molecule has 178 valence electrons. The zero-order valence-electron chi connectivity index (χ0n) is 20.6. The molecule has 3 nitrogen and oxygen atoms in total. The number of aromatic nitrogens is 3. The van der Waals surface area contributed by atoms with Crippen molar-refractivity contribution in [1.82, 2.24) is 14.1 Å². The van der Waals surface area contributed by atoms with Crippen LogP contribution in [0.1, 0.15) is 0 Å². The number of benzene rings is 5. The molecule has 0 unspecified atom stereocenters. The summed E-state index contributed by atoms with van der Waals surface area (Å²) in [6, 6.07) is 47.4. The van der Waals surface area contributed by atoms with Crippen LogP contribution in [0.15, 0.2) is 140 Å². The van der Waals surface area contributed by atoms with Crippen molar-refractivity contribution in [2.45, 2.75) is 0 Å². The number of para-hydroxylation sites is 4. The van der Waals surface area contributed by atoms with Crippen LogP contribution in [-0.2, 0) is 0 Å². The summed E-state index contributed by atoms with van der Waals surface area (Å²) >= 11 is 0. The summed E-state index contributed by atoms with van der Waals surface area (Å²) in [7, 11) is 0. The highest BCUT2D eigenvalue weighted by Gasteiger charge is 2.18. The van der Waals surface area contributed by atoms with Crippen LogP contribution >= 0.6 is 0 Å². The first kappa shape index (κ1) is 21.0. The molecule has 0 saturated heterocycles. The third-order valence-corrected chi connectivity index (χ3v) is 7.56. The maximum absolute atomic E-state index is 4.87. The zero-order chi connectivity index (χ0) is 25.1. The standard InChI is InChI=1S/C35H23N3/c1-3-11-25(12-4-1)37-31-17-9-7-15-28(31)30-23-24(19-20-33(30)37)27-21-22-36-34-29-16-8-10-18-32(29)38(35(27)34)26-13-5-2-6-14-26/h1-23H. The van der Waals surface area contributed by atoms with Crippen LogP contribution in [0, 0.1) is 0 Å². The van der Waals surface area contributed by atoms with Crippen molar-refractivity contribution < 1.29 is 0 Å². The first-order valence-electron chi connectivity index (χ1n) is 12.9. The third kappa shape index (κ3) is 2.99. The van der Waals surface area contributed by atoms with E-state index in [-0.39, 0.29) is 0 Å². The van der Waals surface area contributed by atoms with Crippen LogP contribution in [0.2, 0.25) is 0 Å². The van der Waals surface area contributed by atoms with Gasteiger partial charge in [-0.3, -0.25) is 4.98 Å². The van der Waals surface area contributed by atoms with Crippen molar-refractivity contribution in [3.63, 3.8) is 0 Å². The van der Waals surface area contributed by atoms with Gasteiger partial charge in [-0.2, -0.15) is 0 Å².